The van der Waals surface area contributed by atoms with Crippen LogP contribution in [0.5, 0.6) is 0 Å². The molecule has 1 aliphatic heterocycles. The van der Waals surface area contributed by atoms with Gasteiger partial charge < -0.3 is 10.1 Å². The van der Waals surface area contributed by atoms with Gasteiger partial charge in [-0.1, -0.05) is 25.4 Å². The molecule has 1 N–H and O–H groups in total. The van der Waals surface area contributed by atoms with Crippen LogP contribution in [-0.2, 0) is 4.74 Å². The van der Waals surface area contributed by atoms with E-state index in [-0.39, 0.29) is 28.6 Å². The zero-order chi connectivity index (χ0) is 15.4. The number of nitrogens with zero attached hydrogens (tertiary/aromatic N) is 2. The predicted molar refractivity (Wildman–Crippen MR) is 81.6 cm³/mol. The van der Waals surface area contributed by atoms with Crippen LogP contribution in [0.3, 0.4) is 0 Å². The highest BCUT2D eigenvalue weighted by Crippen LogP contribution is 2.20. The van der Waals surface area contributed by atoms with Gasteiger partial charge in [0, 0.05) is 25.2 Å². The lowest BCUT2D eigenvalue weighted by Crippen LogP contribution is -2.40. The van der Waals surface area contributed by atoms with E-state index in [0.29, 0.717) is 11.7 Å². The van der Waals surface area contributed by atoms with Gasteiger partial charge in [0.15, 0.2) is 0 Å². The first-order chi connectivity index (χ1) is 9.99. The van der Waals surface area contributed by atoms with E-state index in [1.807, 2.05) is 20.8 Å². The van der Waals surface area contributed by atoms with E-state index >= 15 is 0 Å². The molecule has 1 amide bonds. The molecule has 1 aliphatic rings. The topological polar surface area (TPSA) is 64.1 Å². The van der Waals surface area contributed by atoms with Gasteiger partial charge in [-0.3, -0.25) is 4.79 Å². The molecular formula is C15H22ClN3O2. The molecule has 0 aliphatic carbocycles. The standard InChI is InChI=1S/C15H22ClN3O2/c1-9(2)14-17-8-12(16)13(19-14)15(20)18-10(3)11-4-6-21-7-5-11/h8-11H,4-7H2,1-3H3,(H,18,20). The minimum absolute atomic E-state index is 0.0786. The molecule has 0 saturated carbocycles. The summed E-state index contributed by atoms with van der Waals surface area (Å²) in [4.78, 5) is 20.8. The predicted octanol–water partition coefficient (Wildman–Crippen LogP) is 2.80. The molecule has 1 saturated heterocycles. The lowest BCUT2D eigenvalue weighted by Gasteiger charge is -2.28. The first-order valence-corrected chi connectivity index (χ1v) is 7.78. The summed E-state index contributed by atoms with van der Waals surface area (Å²) < 4.78 is 5.35. The largest absolute Gasteiger partial charge is 0.381 e. The van der Waals surface area contributed by atoms with Gasteiger partial charge in [0.2, 0.25) is 0 Å². The van der Waals surface area contributed by atoms with Crippen molar-refractivity contribution in [1.29, 1.82) is 0 Å². The molecule has 1 aromatic heterocycles. The number of carbonyl (C=O) groups is 1. The average Bonchev–Trinajstić information content (AvgIpc) is 2.48. The Balaban J connectivity index is 2.07. The molecule has 1 atom stereocenters. The molecule has 21 heavy (non-hydrogen) atoms. The Bertz CT molecular complexity index is 502. The normalized spacial score (nSPS) is 17.8. The Morgan fingerprint density at radius 2 is 2.05 bits per heavy atom. The van der Waals surface area contributed by atoms with Crippen LogP contribution in [0.25, 0.3) is 0 Å². The summed E-state index contributed by atoms with van der Waals surface area (Å²) in [7, 11) is 0. The number of aromatic nitrogens is 2. The number of hydrogen-bond acceptors (Lipinski definition) is 4. The SMILES string of the molecule is CC(C)c1ncc(Cl)c(C(=O)NC(C)C2CCOCC2)n1. The van der Waals surface area contributed by atoms with Crippen molar-refractivity contribution >= 4 is 17.5 Å². The summed E-state index contributed by atoms with van der Waals surface area (Å²) >= 11 is 6.06. The highest BCUT2D eigenvalue weighted by Gasteiger charge is 2.24. The Morgan fingerprint density at radius 3 is 2.67 bits per heavy atom. The molecular weight excluding hydrogens is 290 g/mol. The zero-order valence-electron chi connectivity index (χ0n) is 12.7. The summed E-state index contributed by atoms with van der Waals surface area (Å²) in [6, 6.07) is 0.0786. The van der Waals surface area contributed by atoms with Crippen molar-refractivity contribution in [2.24, 2.45) is 5.92 Å². The van der Waals surface area contributed by atoms with Crippen LogP contribution in [0.2, 0.25) is 5.02 Å². The van der Waals surface area contributed by atoms with Gasteiger partial charge in [0.25, 0.3) is 5.91 Å². The highest BCUT2D eigenvalue weighted by atomic mass is 35.5. The smallest absolute Gasteiger partial charge is 0.271 e. The maximum atomic E-state index is 12.4. The van der Waals surface area contributed by atoms with Crippen LogP contribution in [0.1, 0.15) is 55.8 Å². The average molecular weight is 312 g/mol. The molecule has 1 aromatic rings. The molecule has 0 aromatic carbocycles. The summed E-state index contributed by atoms with van der Waals surface area (Å²) in [5, 5.41) is 3.29. The summed E-state index contributed by atoms with van der Waals surface area (Å²) in [6.45, 7) is 7.50. The molecule has 0 radical (unpaired) electrons. The fraction of sp³-hybridized carbons (Fsp3) is 0.667. The number of nitrogens with one attached hydrogen (secondary N) is 1. The van der Waals surface area contributed by atoms with Crippen LogP contribution in [0.15, 0.2) is 6.20 Å². The molecule has 5 nitrogen and oxygen atoms in total. The van der Waals surface area contributed by atoms with E-state index in [2.05, 4.69) is 15.3 Å². The van der Waals surface area contributed by atoms with E-state index in [1.165, 1.54) is 6.20 Å². The monoisotopic (exact) mass is 311 g/mol. The molecule has 2 heterocycles. The molecule has 116 valence electrons. The first-order valence-electron chi connectivity index (χ1n) is 7.40. The van der Waals surface area contributed by atoms with Crippen molar-refractivity contribution in [2.75, 3.05) is 13.2 Å². The van der Waals surface area contributed by atoms with E-state index < -0.39 is 0 Å². The molecule has 0 spiro atoms. The molecule has 2 rings (SSSR count). The van der Waals surface area contributed by atoms with Crippen molar-refractivity contribution in [3.63, 3.8) is 0 Å². The van der Waals surface area contributed by atoms with Crippen molar-refractivity contribution < 1.29 is 9.53 Å². The second kappa shape index (κ2) is 7.18. The van der Waals surface area contributed by atoms with E-state index in [4.69, 9.17) is 16.3 Å². The zero-order valence-corrected chi connectivity index (χ0v) is 13.5. The lowest BCUT2D eigenvalue weighted by atomic mass is 9.93. The number of halogens is 1. The second-order valence-electron chi connectivity index (χ2n) is 5.79. The Kier molecular flexibility index (Phi) is 5.53. The van der Waals surface area contributed by atoms with Crippen molar-refractivity contribution in [3.8, 4) is 0 Å². The highest BCUT2D eigenvalue weighted by molar-refractivity contribution is 6.33. The van der Waals surface area contributed by atoms with E-state index in [1.54, 1.807) is 0 Å². The van der Waals surface area contributed by atoms with Crippen LogP contribution < -0.4 is 5.32 Å². The fourth-order valence-electron chi connectivity index (χ4n) is 2.43. The van der Waals surface area contributed by atoms with E-state index in [9.17, 15) is 4.79 Å². The fourth-order valence-corrected chi connectivity index (χ4v) is 2.60. The maximum absolute atomic E-state index is 12.4. The van der Waals surface area contributed by atoms with E-state index in [0.717, 1.165) is 26.1 Å². The van der Waals surface area contributed by atoms with Crippen molar-refractivity contribution in [2.45, 2.75) is 45.6 Å². The maximum Gasteiger partial charge on any atom is 0.271 e. The Morgan fingerprint density at radius 1 is 1.38 bits per heavy atom. The third-order valence-electron chi connectivity index (χ3n) is 3.83. The molecule has 1 fully saturated rings. The van der Waals surface area contributed by atoms with Crippen LogP contribution >= 0.6 is 11.6 Å². The number of ether oxygens (including phenoxy) is 1. The molecule has 6 heteroatoms. The number of carbonyl (C=O) groups excluding carboxylic acids is 1. The van der Waals surface area contributed by atoms with Gasteiger partial charge in [0.05, 0.1) is 11.2 Å². The summed E-state index contributed by atoms with van der Waals surface area (Å²) in [6.07, 6.45) is 3.43. The van der Waals surface area contributed by atoms with Crippen LogP contribution in [0, 0.1) is 5.92 Å². The second-order valence-corrected chi connectivity index (χ2v) is 6.20. The molecule has 0 bridgehead atoms. The Labute approximate surface area is 130 Å². The van der Waals surface area contributed by atoms with Crippen molar-refractivity contribution in [3.05, 3.63) is 22.7 Å². The van der Waals surface area contributed by atoms with Gasteiger partial charge in [-0.15, -0.1) is 0 Å². The lowest BCUT2D eigenvalue weighted by molar-refractivity contribution is 0.0537. The number of rotatable bonds is 4. The van der Waals surface area contributed by atoms with Gasteiger partial charge in [0.1, 0.15) is 11.5 Å². The quantitative estimate of drug-likeness (QED) is 0.928. The van der Waals surface area contributed by atoms with Crippen LogP contribution in [0.4, 0.5) is 0 Å². The minimum atomic E-state index is -0.233. The first kappa shape index (κ1) is 16.2. The number of amides is 1. The van der Waals surface area contributed by atoms with Gasteiger partial charge in [-0.2, -0.15) is 0 Å². The third-order valence-corrected chi connectivity index (χ3v) is 4.10. The number of hydrogen-bond donors (Lipinski definition) is 1. The third kappa shape index (κ3) is 4.14. The van der Waals surface area contributed by atoms with Gasteiger partial charge >= 0.3 is 0 Å². The van der Waals surface area contributed by atoms with Crippen molar-refractivity contribution in [1.82, 2.24) is 15.3 Å². The summed E-state index contributed by atoms with van der Waals surface area (Å²) in [5.74, 6) is 0.987. The van der Waals surface area contributed by atoms with Crippen LogP contribution in [-0.4, -0.2) is 35.1 Å². The molecule has 1 unspecified atom stereocenters. The minimum Gasteiger partial charge on any atom is -0.381 e. The Hall–Kier alpha value is -1.20. The summed E-state index contributed by atoms with van der Waals surface area (Å²) in [5.41, 5.74) is 0.259. The van der Waals surface area contributed by atoms with Gasteiger partial charge in [-0.05, 0) is 25.7 Å². The van der Waals surface area contributed by atoms with Gasteiger partial charge in [-0.25, -0.2) is 9.97 Å².